The van der Waals surface area contributed by atoms with Crippen molar-refractivity contribution in [2.75, 3.05) is 26.2 Å². The first-order valence-electron chi connectivity index (χ1n) is 15.0. The van der Waals surface area contributed by atoms with Crippen LogP contribution < -0.4 is 0 Å². The Morgan fingerprint density at radius 1 is 0.957 bits per heavy atom. The molecule has 256 valence electrons. The Hall–Kier alpha value is -3.76. The number of aryl methyl sites for hydroxylation is 1. The summed E-state index contributed by atoms with van der Waals surface area (Å²) < 4.78 is 65.8. The number of aliphatic carboxylic acids is 2. The highest BCUT2D eigenvalue weighted by Crippen LogP contribution is 2.33. The van der Waals surface area contributed by atoms with Crippen molar-refractivity contribution in [1.82, 2.24) is 29.5 Å². The van der Waals surface area contributed by atoms with Gasteiger partial charge in [0.25, 0.3) is 0 Å². The summed E-state index contributed by atoms with van der Waals surface area (Å²) in [5.41, 5.74) is 1.27. The maximum absolute atomic E-state index is 13.3. The fourth-order valence-electron chi connectivity index (χ4n) is 5.38. The van der Waals surface area contributed by atoms with E-state index in [2.05, 4.69) is 42.5 Å². The first kappa shape index (κ1) is 36.7. The van der Waals surface area contributed by atoms with Crippen molar-refractivity contribution < 1.29 is 50.9 Å². The SMILES string of the molecule is CCCN(CC1CC1)C(=O)C1CCc2nnc(C3CCN(Cc4cccnc4)CC3)n2C1.O=C(O)C(F)(F)F.O=C(O)C(F)(F)F. The van der Waals surface area contributed by atoms with Gasteiger partial charge in [-0.3, -0.25) is 14.7 Å². The summed E-state index contributed by atoms with van der Waals surface area (Å²) in [6, 6.07) is 4.16. The van der Waals surface area contributed by atoms with Gasteiger partial charge in [0.05, 0.1) is 5.92 Å². The Bertz CT molecular complexity index is 1270. The lowest BCUT2D eigenvalue weighted by atomic mass is 9.93. The number of aromatic nitrogens is 4. The molecule has 17 heteroatoms. The molecule has 0 radical (unpaired) electrons. The highest BCUT2D eigenvalue weighted by atomic mass is 19.4. The van der Waals surface area contributed by atoms with Gasteiger partial charge in [-0.2, -0.15) is 26.3 Å². The van der Waals surface area contributed by atoms with Crippen LogP contribution in [-0.2, 0) is 33.9 Å². The largest absolute Gasteiger partial charge is 0.490 e. The molecule has 0 spiro atoms. The van der Waals surface area contributed by atoms with E-state index in [1.54, 1.807) is 0 Å². The van der Waals surface area contributed by atoms with Gasteiger partial charge in [0.15, 0.2) is 0 Å². The maximum atomic E-state index is 13.3. The van der Waals surface area contributed by atoms with Crippen LogP contribution in [0.4, 0.5) is 26.3 Å². The number of carbonyl (C=O) groups is 3. The fourth-order valence-corrected chi connectivity index (χ4v) is 5.38. The number of hydrogen-bond acceptors (Lipinski definition) is 7. The summed E-state index contributed by atoms with van der Waals surface area (Å²) in [6.45, 7) is 7.88. The van der Waals surface area contributed by atoms with Crippen LogP contribution in [0.5, 0.6) is 0 Å². The van der Waals surface area contributed by atoms with E-state index in [1.165, 1.54) is 18.4 Å². The van der Waals surface area contributed by atoms with Gasteiger partial charge in [-0.25, -0.2) is 9.59 Å². The molecular weight excluding hydrogens is 626 g/mol. The number of nitrogens with zero attached hydrogens (tertiary/aromatic N) is 6. The molecular formula is C29H38F6N6O5. The standard InChI is InChI=1S/C25H36N6O.2C2HF3O2/c1-2-12-30(17-19-5-6-19)25(32)22-7-8-23-27-28-24(31(23)18-22)21-9-13-29(14-10-21)16-20-4-3-11-26-15-20;2*3-2(4,5)1(6)7/h3-4,11,15,19,21-22H,2,5-10,12-14,16-18H2,1H3;2*(H,6,7). The molecule has 2 aromatic heterocycles. The third-order valence-corrected chi connectivity index (χ3v) is 7.87. The van der Waals surface area contributed by atoms with Gasteiger partial charge in [0, 0.05) is 50.9 Å². The summed E-state index contributed by atoms with van der Waals surface area (Å²) >= 11 is 0. The summed E-state index contributed by atoms with van der Waals surface area (Å²) in [7, 11) is 0. The van der Waals surface area contributed by atoms with Gasteiger partial charge in [-0.1, -0.05) is 13.0 Å². The molecule has 2 fully saturated rings. The molecule has 11 nitrogen and oxygen atoms in total. The molecule has 4 heterocycles. The van der Waals surface area contributed by atoms with Gasteiger partial charge in [-0.15, -0.1) is 10.2 Å². The molecule has 1 saturated carbocycles. The van der Waals surface area contributed by atoms with E-state index in [9.17, 15) is 31.1 Å². The van der Waals surface area contributed by atoms with Crippen LogP contribution in [0.15, 0.2) is 24.5 Å². The molecule has 46 heavy (non-hydrogen) atoms. The molecule has 1 unspecified atom stereocenters. The summed E-state index contributed by atoms with van der Waals surface area (Å²) in [4.78, 5) is 40.0. The van der Waals surface area contributed by atoms with Crippen LogP contribution in [0, 0.1) is 11.8 Å². The number of fused-ring (bicyclic) bond motifs is 1. The van der Waals surface area contributed by atoms with E-state index < -0.39 is 24.3 Å². The minimum atomic E-state index is -5.08. The Morgan fingerprint density at radius 2 is 1.57 bits per heavy atom. The van der Waals surface area contributed by atoms with E-state index in [0.29, 0.717) is 11.8 Å². The molecule has 3 aliphatic rings. The average Bonchev–Trinajstić information content (AvgIpc) is 3.72. The number of pyridine rings is 1. The van der Waals surface area contributed by atoms with Crippen molar-refractivity contribution in [3.8, 4) is 0 Å². The number of alkyl halides is 6. The highest BCUT2D eigenvalue weighted by Gasteiger charge is 2.39. The second-order valence-electron chi connectivity index (χ2n) is 11.6. The Morgan fingerprint density at radius 3 is 2.07 bits per heavy atom. The lowest BCUT2D eigenvalue weighted by Gasteiger charge is -2.33. The summed E-state index contributed by atoms with van der Waals surface area (Å²) in [6.07, 6.45) is 1.21. The zero-order valence-corrected chi connectivity index (χ0v) is 25.3. The molecule has 0 bridgehead atoms. The van der Waals surface area contributed by atoms with E-state index in [-0.39, 0.29) is 5.92 Å². The molecule has 1 saturated heterocycles. The molecule has 5 rings (SSSR count). The van der Waals surface area contributed by atoms with Crippen molar-refractivity contribution in [2.24, 2.45) is 11.8 Å². The van der Waals surface area contributed by atoms with Crippen LogP contribution in [0.1, 0.15) is 68.6 Å². The molecule has 1 atom stereocenters. The monoisotopic (exact) mass is 664 g/mol. The highest BCUT2D eigenvalue weighted by molar-refractivity contribution is 5.79. The third kappa shape index (κ3) is 11.2. The van der Waals surface area contributed by atoms with E-state index in [1.807, 2.05) is 18.5 Å². The second-order valence-corrected chi connectivity index (χ2v) is 11.6. The van der Waals surface area contributed by atoms with Crippen molar-refractivity contribution in [1.29, 1.82) is 0 Å². The lowest BCUT2D eigenvalue weighted by Crippen LogP contribution is -2.41. The molecule has 2 N–H and O–H groups in total. The summed E-state index contributed by atoms with van der Waals surface area (Å²) in [5.74, 6) is -1.71. The predicted molar refractivity (Wildman–Crippen MR) is 150 cm³/mol. The van der Waals surface area contributed by atoms with Crippen molar-refractivity contribution in [3.05, 3.63) is 41.7 Å². The molecule has 2 aromatic rings. The van der Waals surface area contributed by atoms with E-state index >= 15 is 0 Å². The first-order valence-corrected chi connectivity index (χ1v) is 15.0. The van der Waals surface area contributed by atoms with Gasteiger partial charge >= 0.3 is 24.3 Å². The molecule has 0 aromatic carbocycles. The topological polar surface area (TPSA) is 142 Å². The van der Waals surface area contributed by atoms with Crippen LogP contribution in [-0.4, -0.2) is 96.1 Å². The number of rotatable bonds is 8. The van der Waals surface area contributed by atoms with E-state index in [4.69, 9.17) is 19.8 Å². The van der Waals surface area contributed by atoms with Gasteiger partial charge < -0.3 is 19.7 Å². The number of carboxylic acid groups (broad SMARTS) is 2. The maximum Gasteiger partial charge on any atom is 0.490 e. The number of hydrogen-bond donors (Lipinski definition) is 2. The van der Waals surface area contributed by atoms with Crippen molar-refractivity contribution in [2.45, 2.75) is 83.2 Å². The average molecular weight is 665 g/mol. The number of piperidine rings is 1. The fraction of sp³-hybridized carbons (Fsp3) is 0.655. The van der Waals surface area contributed by atoms with Gasteiger partial charge in [-0.05, 0) is 69.2 Å². The molecule has 1 aliphatic carbocycles. The van der Waals surface area contributed by atoms with Crippen molar-refractivity contribution in [3.63, 3.8) is 0 Å². The lowest BCUT2D eigenvalue weighted by molar-refractivity contribution is -0.193. The van der Waals surface area contributed by atoms with Gasteiger partial charge in [0.1, 0.15) is 11.6 Å². The van der Waals surface area contributed by atoms with Crippen LogP contribution in [0.25, 0.3) is 0 Å². The smallest absolute Gasteiger partial charge is 0.475 e. The number of carboxylic acids is 2. The number of carbonyl (C=O) groups excluding carboxylic acids is 1. The Balaban J connectivity index is 0.000000345. The number of likely N-dealkylation sites (tertiary alicyclic amines) is 1. The minimum Gasteiger partial charge on any atom is -0.475 e. The molecule has 1 amide bonds. The minimum absolute atomic E-state index is 0.0771. The third-order valence-electron chi connectivity index (χ3n) is 7.87. The van der Waals surface area contributed by atoms with Crippen LogP contribution in [0.2, 0.25) is 0 Å². The normalized spacial score (nSPS) is 18.7. The Labute approximate surface area is 261 Å². The van der Waals surface area contributed by atoms with Gasteiger partial charge in [0.2, 0.25) is 5.91 Å². The second kappa shape index (κ2) is 16.2. The zero-order chi connectivity index (χ0) is 34.1. The first-order chi connectivity index (χ1) is 21.6. The van der Waals surface area contributed by atoms with Crippen LogP contribution >= 0.6 is 0 Å². The number of halogens is 6. The predicted octanol–water partition coefficient (Wildman–Crippen LogP) is 4.53. The molecule has 2 aliphatic heterocycles. The number of amides is 1. The zero-order valence-electron chi connectivity index (χ0n) is 25.3. The van der Waals surface area contributed by atoms with Crippen LogP contribution in [0.3, 0.4) is 0 Å². The Kier molecular flexibility index (Phi) is 12.9. The quantitative estimate of drug-likeness (QED) is 0.390. The summed E-state index contributed by atoms with van der Waals surface area (Å²) in [5, 5.41) is 23.4. The van der Waals surface area contributed by atoms with Crippen molar-refractivity contribution >= 4 is 17.8 Å². The van der Waals surface area contributed by atoms with E-state index in [0.717, 1.165) is 88.9 Å².